The van der Waals surface area contributed by atoms with Gasteiger partial charge in [-0.05, 0) is 49.9 Å². The maximum absolute atomic E-state index is 12.2. The second-order valence-corrected chi connectivity index (χ2v) is 5.75. The van der Waals surface area contributed by atoms with Crippen LogP contribution >= 0.6 is 0 Å². The predicted octanol–water partition coefficient (Wildman–Crippen LogP) is 1.75. The van der Waals surface area contributed by atoms with E-state index in [-0.39, 0.29) is 5.91 Å². The third-order valence-corrected chi connectivity index (χ3v) is 4.11. The van der Waals surface area contributed by atoms with Crippen molar-refractivity contribution in [1.29, 1.82) is 0 Å². The van der Waals surface area contributed by atoms with E-state index >= 15 is 0 Å². The first kappa shape index (κ1) is 15.5. The van der Waals surface area contributed by atoms with Gasteiger partial charge in [0.15, 0.2) is 0 Å². The van der Waals surface area contributed by atoms with E-state index in [1.54, 1.807) is 24.3 Å². The molecule has 114 valence electrons. The lowest BCUT2D eigenvalue weighted by Gasteiger charge is -2.28. The average Bonchev–Trinajstić information content (AvgIpc) is 2.48. The molecule has 5 nitrogen and oxygen atoms in total. The van der Waals surface area contributed by atoms with Crippen molar-refractivity contribution in [3.05, 3.63) is 29.8 Å². The van der Waals surface area contributed by atoms with Crippen molar-refractivity contribution in [2.75, 3.05) is 18.4 Å². The molecule has 1 aromatic rings. The van der Waals surface area contributed by atoms with Gasteiger partial charge in [0.05, 0.1) is 11.3 Å². The molecule has 0 radical (unpaired) electrons. The molecule has 1 aromatic carbocycles. The van der Waals surface area contributed by atoms with Crippen LogP contribution in [0.1, 0.15) is 36.5 Å². The smallest absolute Gasteiger partial charge is 0.250 e. The quantitative estimate of drug-likeness (QED) is 0.772. The molecule has 0 bridgehead atoms. The van der Waals surface area contributed by atoms with Crippen molar-refractivity contribution >= 4 is 17.5 Å². The third-order valence-electron chi connectivity index (χ3n) is 4.11. The standard InChI is InChI=1S/C16H23N3O2/c1-11(12-5-4-8-18-10-12)9-15(20)19-14-7-3-2-6-13(14)16(17)21/h2-3,6-7,11-12,18H,4-5,8-10H2,1H3,(H2,17,21)(H,19,20). The summed E-state index contributed by atoms with van der Waals surface area (Å²) in [5.41, 5.74) is 6.14. The fourth-order valence-electron chi connectivity index (χ4n) is 2.83. The van der Waals surface area contributed by atoms with Crippen LogP contribution in [0, 0.1) is 11.8 Å². The lowest BCUT2D eigenvalue weighted by Crippen LogP contribution is -2.34. The summed E-state index contributed by atoms with van der Waals surface area (Å²) in [5.74, 6) is 0.256. The molecule has 5 heteroatoms. The fraction of sp³-hybridized carbons (Fsp3) is 0.500. The Bertz CT molecular complexity index is 510. The number of amides is 2. The summed E-state index contributed by atoms with van der Waals surface area (Å²) < 4.78 is 0. The molecular weight excluding hydrogens is 266 g/mol. The highest BCUT2D eigenvalue weighted by molar-refractivity contribution is 6.02. The first-order valence-corrected chi connectivity index (χ1v) is 7.47. The van der Waals surface area contributed by atoms with Crippen molar-refractivity contribution in [3.8, 4) is 0 Å². The first-order valence-electron chi connectivity index (χ1n) is 7.47. The van der Waals surface area contributed by atoms with E-state index in [4.69, 9.17) is 5.73 Å². The minimum atomic E-state index is -0.532. The number of nitrogens with one attached hydrogen (secondary N) is 2. The highest BCUT2D eigenvalue weighted by atomic mass is 16.2. The van der Waals surface area contributed by atoms with Crippen molar-refractivity contribution in [2.24, 2.45) is 17.6 Å². The SMILES string of the molecule is CC(CC(=O)Nc1ccccc1C(N)=O)C1CCCNC1. The zero-order valence-corrected chi connectivity index (χ0v) is 12.4. The number of hydrogen-bond acceptors (Lipinski definition) is 3. The van der Waals surface area contributed by atoms with Gasteiger partial charge in [0.2, 0.25) is 5.91 Å². The van der Waals surface area contributed by atoms with Crippen molar-refractivity contribution in [3.63, 3.8) is 0 Å². The molecule has 1 fully saturated rings. The summed E-state index contributed by atoms with van der Waals surface area (Å²) in [6, 6.07) is 6.82. The summed E-state index contributed by atoms with van der Waals surface area (Å²) >= 11 is 0. The van der Waals surface area contributed by atoms with Crippen LogP contribution in [0.15, 0.2) is 24.3 Å². The summed E-state index contributed by atoms with van der Waals surface area (Å²) in [5, 5.41) is 6.17. The second kappa shape index (κ2) is 7.22. The van der Waals surface area contributed by atoms with E-state index in [1.807, 2.05) is 0 Å². The number of nitrogens with two attached hydrogens (primary N) is 1. The molecule has 1 saturated heterocycles. The molecule has 21 heavy (non-hydrogen) atoms. The third kappa shape index (κ3) is 4.29. The highest BCUT2D eigenvalue weighted by Crippen LogP contribution is 2.23. The molecular formula is C16H23N3O2. The molecule has 2 rings (SSSR count). The minimum absolute atomic E-state index is 0.0678. The summed E-state index contributed by atoms with van der Waals surface area (Å²) in [6.07, 6.45) is 2.79. The van der Waals surface area contributed by atoms with Gasteiger partial charge >= 0.3 is 0 Å². The number of piperidine rings is 1. The average molecular weight is 289 g/mol. The van der Waals surface area contributed by atoms with Crippen LogP contribution < -0.4 is 16.4 Å². The number of hydrogen-bond donors (Lipinski definition) is 3. The second-order valence-electron chi connectivity index (χ2n) is 5.75. The van der Waals surface area contributed by atoms with E-state index in [1.165, 1.54) is 12.8 Å². The molecule has 1 aliphatic heterocycles. The zero-order valence-electron chi connectivity index (χ0n) is 12.4. The summed E-state index contributed by atoms with van der Waals surface area (Å²) in [6.45, 7) is 4.16. The van der Waals surface area contributed by atoms with Gasteiger partial charge in [-0.2, -0.15) is 0 Å². The number of carbonyl (C=O) groups is 2. The number of rotatable bonds is 5. The Balaban J connectivity index is 1.94. The van der Waals surface area contributed by atoms with Crippen molar-refractivity contribution < 1.29 is 9.59 Å². The van der Waals surface area contributed by atoms with Crippen LogP contribution in [0.5, 0.6) is 0 Å². The molecule has 0 saturated carbocycles. The summed E-state index contributed by atoms with van der Waals surface area (Å²) in [4.78, 5) is 23.5. The minimum Gasteiger partial charge on any atom is -0.366 e. The van der Waals surface area contributed by atoms with Crippen molar-refractivity contribution in [2.45, 2.75) is 26.2 Å². The monoisotopic (exact) mass is 289 g/mol. The molecule has 0 spiro atoms. The number of benzene rings is 1. The molecule has 4 N–H and O–H groups in total. The highest BCUT2D eigenvalue weighted by Gasteiger charge is 2.22. The molecule has 1 aliphatic rings. The molecule has 2 atom stereocenters. The Morgan fingerprint density at radius 3 is 2.86 bits per heavy atom. The first-order chi connectivity index (χ1) is 10.1. The lowest BCUT2D eigenvalue weighted by molar-refractivity contribution is -0.117. The number of primary amides is 1. The van der Waals surface area contributed by atoms with Gasteiger partial charge in [-0.3, -0.25) is 9.59 Å². The van der Waals surface area contributed by atoms with E-state index in [0.717, 1.165) is 13.1 Å². The Hall–Kier alpha value is -1.88. The largest absolute Gasteiger partial charge is 0.366 e. The van der Waals surface area contributed by atoms with Crippen LogP contribution in [-0.4, -0.2) is 24.9 Å². The lowest BCUT2D eigenvalue weighted by atomic mass is 9.85. The van der Waals surface area contributed by atoms with E-state index in [0.29, 0.717) is 29.5 Å². The van der Waals surface area contributed by atoms with Crippen molar-refractivity contribution in [1.82, 2.24) is 5.32 Å². The Morgan fingerprint density at radius 2 is 2.19 bits per heavy atom. The molecule has 1 heterocycles. The van der Waals surface area contributed by atoms with E-state index in [9.17, 15) is 9.59 Å². The van der Waals surface area contributed by atoms with Gasteiger partial charge in [-0.1, -0.05) is 19.1 Å². The van der Waals surface area contributed by atoms with E-state index < -0.39 is 5.91 Å². The Labute approximate surface area is 125 Å². The molecule has 0 aliphatic carbocycles. The van der Waals surface area contributed by atoms with Crippen LogP contribution in [0.2, 0.25) is 0 Å². The zero-order chi connectivity index (χ0) is 15.2. The van der Waals surface area contributed by atoms with Gasteiger partial charge in [0.1, 0.15) is 0 Å². The molecule has 2 amide bonds. The van der Waals surface area contributed by atoms with Crippen LogP contribution in [-0.2, 0) is 4.79 Å². The van der Waals surface area contributed by atoms with Gasteiger partial charge in [0.25, 0.3) is 5.91 Å². The number of anilines is 1. The Morgan fingerprint density at radius 1 is 1.43 bits per heavy atom. The van der Waals surface area contributed by atoms with Crippen LogP contribution in [0.4, 0.5) is 5.69 Å². The number of para-hydroxylation sites is 1. The topological polar surface area (TPSA) is 84.2 Å². The van der Waals surface area contributed by atoms with E-state index in [2.05, 4.69) is 17.6 Å². The maximum atomic E-state index is 12.2. The maximum Gasteiger partial charge on any atom is 0.250 e. The van der Waals surface area contributed by atoms with Gasteiger partial charge in [-0.15, -0.1) is 0 Å². The fourth-order valence-corrected chi connectivity index (χ4v) is 2.83. The predicted molar refractivity (Wildman–Crippen MR) is 83.0 cm³/mol. The molecule has 2 unspecified atom stereocenters. The van der Waals surface area contributed by atoms with Gasteiger partial charge in [0, 0.05) is 6.42 Å². The van der Waals surface area contributed by atoms with Crippen LogP contribution in [0.3, 0.4) is 0 Å². The molecule has 0 aromatic heterocycles. The summed E-state index contributed by atoms with van der Waals surface area (Å²) in [7, 11) is 0. The van der Waals surface area contributed by atoms with Gasteiger partial charge < -0.3 is 16.4 Å². The van der Waals surface area contributed by atoms with Gasteiger partial charge in [-0.25, -0.2) is 0 Å². The number of carbonyl (C=O) groups excluding carboxylic acids is 2. The normalized spacial score (nSPS) is 19.8. The van der Waals surface area contributed by atoms with Crippen LogP contribution in [0.25, 0.3) is 0 Å². The Kier molecular flexibility index (Phi) is 5.33.